The lowest BCUT2D eigenvalue weighted by atomic mass is 9.99. The SMILES string of the molecule is COc1ccccc1CN(C)CC1CCCNC1. The van der Waals surface area contributed by atoms with Gasteiger partial charge in [0.1, 0.15) is 5.75 Å². The largest absolute Gasteiger partial charge is 0.496 e. The van der Waals surface area contributed by atoms with E-state index in [1.807, 2.05) is 12.1 Å². The Balaban J connectivity index is 1.87. The summed E-state index contributed by atoms with van der Waals surface area (Å²) in [7, 11) is 3.94. The third-order valence-electron chi connectivity index (χ3n) is 3.60. The Kier molecular flexibility index (Phi) is 5.02. The lowest BCUT2D eigenvalue weighted by Gasteiger charge is -2.27. The maximum atomic E-state index is 5.40. The quantitative estimate of drug-likeness (QED) is 0.864. The van der Waals surface area contributed by atoms with Crippen LogP contribution < -0.4 is 10.1 Å². The number of hydrogen-bond donors (Lipinski definition) is 1. The first-order chi connectivity index (χ1) is 8.79. The van der Waals surface area contributed by atoms with Crippen molar-refractivity contribution in [1.29, 1.82) is 0 Å². The van der Waals surface area contributed by atoms with Crippen molar-refractivity contribution in [3.05, 3.63) is 29.8 Å². The molecule has 100 valence electrons. The van der Waals surface area contributed by atoms with E-state index in [2.05, 4.69) is 29.4 Å². The number of para-hydroxylation sites is 1. The molecule has 0 saturated carbocycles. The maximum absolute atomic E-state index is 5.40. The zero-order valence-electron chi connectivity index (χ0n) is 11.5. The second kappa shape index (κ2) is 6.76. The summed E-state index contributed by atoms with van der Waals surface area (Å²) in [6.07, 6.45) is 2.66. The fourth-order valence-electron chi connectivity index (χ4n) is 2.71. The van der Waals surface area contributed by atoms with Crippen LogP contribution in [0.2, 0.25) is 0 Å². The van der Waals surface area contributed by atoms with Gasteiger partial charge < -0.3 is 15.0 Å². The van der Waals surface area contributed by atoms with Crippen molar-refractivity contribution >= 4 is 0 Å². The van der Waals surface area contributed by atoms with E-state index in [0.29, 0.717) is 0 Å². The van der Waals surface area contributed by atoms with Gasteiger partial charge in [-0.1, -0.05) is 18.2 Å². The van der Waals surface area contributed by atoms with Gasteiger partial charge in [0.15, 0.2) is 0 Å². The lowest BCUT2D eigenvalue weighted by Crippen LogP contribution is -2.36. The molecule has 1 aromatic carbocycles. The molecule has 0 spiro atoms. The van der Waals surface area contributed by atoms with Gasteiger partial charge >= 0.3 is 0 Å². The molecule has 2 rings (SSSR count). The van der Waals surface area contributed by atoms with Crippen LogP contribution in [0, 0.1) is 5.92 Å². The van der Waals surface area contributed by atoms with Crippen LogP contribution in [-0.2, 0) is 6.54 Å². The van der Waals surface area contributed by atoms with Crippen molar-refractivity contribution in [2.24, 2.45) is 5.92 Å². The summed E-state index contributed by atoms with van der Waals surface area (Å²) in [5.41, 5.74) is 1.27. The van der Waals surface area contributed by atoms with E-state index in [1.165, 1.54) is 24.9 Å². The average molecular weight is 248 g/mol. The van der Waals surface area contributed by atoms with Gasteiger partial charge in [0, 0.05) is 18.7 Å². The Hall–Kier alpha value is -1.06. The van der Waals surface area contributed by atoms with E-state index >= 15 is 0 Å². The normalized spacial score (nSPS) is 20.1. The van der Waals surface area contributed by atoms with E-state index < -0.39 is 0 Å². The van der Waals surface area contributed by atoms with Crippen molar-refractivity contribution < 1.29 is 4.74 Å². The molecule has 1 aromatic rings. The molecule has 1 N–H and O–H groups in total. The first-order valence-corrected chi connectivity index (χ1v) is 6.80. The average Bonchev–Trinajstić information content (AvgIpc) is 2.40. The van der Waals surface area contributed by atoms with Gasteiger partial charge in [-0.25, -0.2) is 0 Å². The Labute approximate surface area is 110 Å². The van der Waals surface area contributed by atoms with Crippen molar-refractivity contribution in [1.82, 2.24) is 10.2 Å². The molecule has 0 amide bonds. The van der Waals surface area contributed by atoms with Gasteiger partial charge in [-0.15, -0.1) is 0 Å². The number of nitrogens with one attached hydrogen (secondary N) is 1. The van der Waals surface area contributed by atoms with E-state index in [-0.39, 0.29) is 0 Å². The monoisotopic (exact) mass is 248 g/mol. The molecule has 3 nitrogen and oxygen atoms in total. The van der Waals surface area contributed by atoms with E-state index in [4.69, 9.17) is 4.74 Å². The van der Waals surface area contributed by atoms with Crippen LogP contribution in [0.4, 0.5) is 0 Å². The van der Waals surface area contributed by atoms with Crippen LogP contribution in [0.1, 0.15) is 18.4 Å². The van der Waals surface area contributed by atoms with Gasteiger partial charge in [-0.3, -0.25) is 0 Å². The minimum atomic E-state index is 0.790. The molecule has 3 heteroatoms. The number of rotatable bonds is 5. The molecule has 1 unspecified atom stereocenters. The molecular weight excluding hydrogens is 224 g/mol. The van der Waals surface area contributed by atoms with Gasteiger partial charge in [0.05, 0.1) is 7.11 Å². The van der Waals surface area contributed by atoms with Crippen LogP contribution in [0.3, 0.4) is 0 Å². The summed E-state index contributed by atoms with van der Waals surface area (Å²) < 4.78 is 5.40. The molecule has 0 aliphatic carbocycles. The zero-order chi connectivity index (χ0) is 12.8. The Morgan fingerprint density at radius 2 is 2.22 bits per heavy atom. The smallest absolute Gasteiger partial charge is 0.123 e. The molecular formula is C15H24N2O. The second-order valence-electron chi connectivity index (χ2n) is 5.22. The minimum absolute atomic E-state index is 0.790. The predicted molar refractivity (Wildman–Crippen MR) is 74.9 cm³/mol. The Morgan fingerprint density at radius 3 is 2.94 bits per heavy atom. The number of ether oxygens (including phenoxy) is 1. The van der Waals surface area contributed by atoms with Crippen LogP contribution in [0.25, 0.3) is 0 Å². The summed E-state index contributed by atoms with van der Waals surface area (Å²) in [4.78, 5) is 2.40. The topological polar surface area (TPSA) is 24.5 Å². The van der Waals surface area contributed by atoms with Crippen molar-refractivity contribution in [3.8, 4) is 5.75 Å². The highest BCUT2D eigenvalue weighted by Gasteiger charge is 2.15. The highest BCUT2D eigenvalue weighted by molar-refractivity contribution is 5.32. The predicted octanol–water partition coefficient (Wildman–Crippen LogP) is 2.13. The highest BCUT2D eigenvalue weighted by Crippen LogP contribution is 2.20. The van der Waals surface area contributed by atoms with Crippen LogP contribution in [0.15, 0.2) is 24.3 Å². The first kappa shape index (κ1) is 13.4. The van der Waals surface area contributed by atoms with Crippen LogP contribution in [-0.4, -0.2) is 38.7 Å². The molecule has 1 aliphatic rings. The molecule has 0 aromatic heterocycles. The van der Waals surface area contributed by atoms with E-state index in [1.54, 1.807) is 7.11 Å². The number of methoxy groups -OCH3 is 1. The van der Waals surface area contributed by atoms with Crippen molar-refractivity contribution in [2.75, 3.05) is 33.8 Å². The Morgan fingerprint density at radius 1 is 1.39 bits per heavy atom. The van der Waals surface area contributed by atoms with Gasteiger partial charge in [-0.2, -0.15) is 0 Å². The van der Waals surface area contributed by atoms with Crippen LogP contribution >= 0.6 is 0 Å². The lowest BCUT2D eigenvalue weighted by molar-refractivity contribution is 0.235. The van der Waals surface area contributed by atoms with Gasteiger partial charge in [0.2, 0.25) is 0 Å². The molecule has 1 aliphatic heterocycles. The van der Waals surface area contributed by atoms with E-state index in [0.717, 1.165) is 31.3 Å². The summed E-state index contributed by atoms with van der Waals surface area (Å²) in [6.45, 7) is 4.47. The van der Waals surface area contributed by atoms with Crippen molar-refractivity contribution in [3.63, 3.8) is 0 Å². The first-order valence-electron chi connectivity index (χ1n) is 6.80. The summed E-state index contributed by atoms with van der Waals surface area (Å²) in [6, 6.07) is 8.28. The molecule has 0 radical (unpaired) electrons. The zero-order valence-corrected chi connectivity index (χ0v) is 11.5. The highest BCUT2D eigenvalue weighted by atomic mass is 16.5. The third kappa shape index (κ3) is 3.72. The fraction of sp³-hybridized carbons (Fsp3) is 0.600. The van der Waals surface area contributed by atoms with Gasteiger partial charge in [0.25, 0.3) is 0 Å². The summed E-state index contributed by atoms with van der Waals surface area (Å²) in [5, 5.41) is 3.48. The molecule has 1 heterocycles. The Bertz CT molecular complexity index is 361. The molecule has 1 fully saturated rings. The standard InChI is InChI=1S/C15H24N2O/c1-17(11-13-6-5-9-16-10-13)12-14-7-3-4-8-15(14)18-2/h3-4,7-8,13,16H,5-6,9-12H2,1-2H3. The van der Waals surface area contributed by atoms with Gasteiger partial charge in [-0.05, 0) is 45.0 Å². The summed E-state index contributed by atoms with van der Waals surface area (Å²) >= 11 is 0. The van der Waals surface area contributed by atoms with Crippen molar-refractivity contribution in [2.45, 2.75) is 19.4 Å². The number of hydrogen-bond acceptors (Lipinski definition) is 3. The number of piperidine rings is 1. The minimum Gasteiger partial charge on any atom is -0.496 e. The molecule has 18 heavy (non-hydrogen) atoms. The molecule has 1 atom stereocenters. The van der Waals surface area contributed by atoms with E-state index in [9.17, 15) is 0 Å². The number of benzene rings is 1. The summed E-state index contributed by atoms with van der Waals surface area (Å²) in [5.74, 6) is 1.78. The fourth-order valence-corrected chi connectivity index (χ4v) is 2.71. The molecule has 0 bridgehead atoms. The molecule has 1 saturated heterocycles. The second-order valence-corrected chi connectivity index (χ2v) is 5.22. The number of nitrogens with zero attached hydrogens (tertiary/aromatic N) is 1. The maximum Gasteiger partial charge on any atom is 0.123 e. The third-order valence-corrected chi connectivity index (χ3v) is 3.60. The van der Waals surface area contributed by atoms with Crippen LogP contribution in [0.5, 0.6) is 5.75 Å².